The van der Waals surface area contributed by atoms with E-state index in [1.165, 1.54) is 83.6 Å². The van der Waals surface area contributed by atoms with Gasteiger partial charge in [-0.25, -0.2) is 0 Å². The zero-order chi connectivity index (χ0) is 12.6. The van der Waals surface area contributed by atoms with E-state index in [2.05, 4.69) is 19.2 Å². The molecule has 0 rings (SSSR count). The Hall–Kier alpha value is -0.0400. The number of hydrogen-bond donors (Lipinski definition) is 1. The van der Waals surface area contributed by atoms with Crippen LogP contribution in [0.3, 0.4) is 0 Å². The Balaban J connectivity index is 2.85. The Bertz CT molecular complexity index is 109. The molecule has 0 atom stereocenters. The van der Waals surface area contributed by atoms with Crippen molar-refractivity contribution >= 4 is 0 Å². The molecule has 0 aromatic carbocycles. The molecule has 0 radical (unpaired) electrons. The largest absolute Gasteiger partial charge is 0.317 e. The summed E-state index contributed by atoms with van der Waals surface area (Å²) in [6, 6.07) is 0. The van der Waals surface area contributed by atoms with Gasteiger partial charge in [0.25, 0.3) is 0 Å². The Morgan fingerprint density at radius 2 is 0.941 bits per heavy atom. The van der Waals surface area contributed by atoms with Crippen LogP contribution < -0.4 is 5.32 Å². The van der Waals surface area contributed by atoms with Gasteiger partial charge < -0.3 is 5.32 Å². The van der Waals surface area contributed by atoms with Crippen LogP contribution in [0.2, 0.25) is 0 Å². The van der Waals surface area contributed by atoms with Gasteiger partial charge in [-0.2, -0.15) is 0 Å². The van der Waals surface area contributed by atoms with E-state index in [0.29, 0.717) is 0 Å². The molecule has 1 N–H and O–H groups in total. The summed E-state index contributed by atoms with van der Waals surface area (Å²) in [7, 11) is 0. The average molecular weight is 241 g/mol. The second-order valence-electron chi connectivity index (χ2n) is 5.24. The molecule has 1 heteroatoms. The summed E-state index contributed by atoms with van der Waals surface area (Å²) < 4.78 is 0. The maximum Gasteiger partial charge on any atom is -0.00490 e. The van der Waals surface area contributed by atoms with Crippen LogP contribution in [0.4, 0.5) is 0 Å². The predicted octanol–water partition coefficient (Wildman–Crippen LogP) is 5.30. The van der Waals surface area contributed by atoms with E-state index >= 15 is 0 Å². The Morgan fingerprint density at radius 1 is 0.529 bits per heavy atom. The highest BCUT2D eigenvalue weighted by molar-refractivity contribution is 4.49. The first kappa shape index (κ1) is 17.0. The van der Waals surface area contributed by atoms with E-state index in [0.717, 1.165) is 6.54 Å². The van der Waals surface area contributed by atoms with Crippen LogP contribution in [-0.4, -0.2) is 13.1 Å². The van der Waals surface area contributed by atoms with E-state index in [1.807, 2.05) is 0 Å². The molecule has 0 bridgehead atoms. The maximum absolute atomic E-state index is 3.38. The molecule has 0 spiro atoms. The van der Waals surface area contributed by atoms with Crippen LogP contribution in [0.1, 0.15) is 90.9 Å². The first-order chi connectivity index (χ1) is 8.41. The summed E-state index contributed by atoms with van der Waals surface area (Å²) in [6.07, 6.45) is 17.3. The smallest absolute Gasteiger partial charge is 0.00490 e. The highest BCUT2D eigenvalue weighted by atomic mass is 14.8. The molecule has 17 heavy (non-hydrogen) atoms. The summed E-state index contributed by atoms with van der Waals surface area (Å²) in [5.41, 5.74) is 0. The van der Waals surface area contributed by atoms with Gasteiger partial charge in [0.2, 0.25) is 0 Å². The predicted molar refractivity (Wildman–Crippen MR) is 79.6 cm³/mol. The fourth-order valence-electron chi connectivity index (χ4n) is 2.27. The van der Waals surface area contributed by atoms with E-state index in [1.54, 1.807) is 0 Å². The summed E-state index contributed by atoms with van der Waals surface area (Å²) in [4.78, 5) is 0. The lowest BCUT2D eigenvalue weighted by Gasteiger charge is -2.03. The summed E-state index contributed by atoms with van der Waals surface area (Å²) in [5, 5.41) is 3.38. The molecule has 1 nitrogen and oxygen atoms in total. The number of nitrogens with one attached hydrogen (secondary N) is 1. The van der Waals surface area contributed by atoms with Crippen molar-refractivity contribution < 1.29 is 0 Å². The Kier molecular flexibility index (Phi) is 15.9. The lowest BCUT2D eigenvalue weighted by atomic mass is 10.1. The number of hydrogen-bond acceptors (Lipinski definition) is 1. The highest BCUT2D eigenvalue weighted by Crippen LogP contribution is 2.11. The van der Waals surface area contributed by atoms with Gasteiger partial charge >= 0.3 is 0 Å². The van der Waals surface area contributed by atoms with Gasteiger partial charge in [-0.1, -0.05) is 84.5 Å². The average Bonchev–Trinajstić information content (AvgIpc) is 2.35. The highest BCUT2D eigenvalue weighted by Gasteiger charge is 1.93. The third-order valence-corrected chi connectivity index (χ3v) is 3.46. The van der Waals surface area contributed by atoms with Gasteiger partial charge in [-0.05, 0) is 19.5 Å². The molecule has 0 aliphatic rings. The van der Waals surface area contributed by atoms with Gasteiger partial charge in [0.1, 0.15) is 0 Å². The number of unbranched alkanes of at least 4 members (excludes halogenated alkanes) is 11. The summed E-state index contributed by atoms with van der Waals surface area (Å²) in [6.45, 7) is 6.81. The van der Waals surface area contributed by atoms with Crippen molar-refractivity contribution in [2.45, 2.75) is 90.9 Å². The van der Waals surface area contributed by atoms with Crippen molar-refractivity contribution in [1.29, 1.82) is 0 Å². The fraction of sp³-hybridized carbons (Fsp3) is 1.00. The molecule has 0 unspecified atom stereocenters. The molecule has 0 saturated heterocycles. The molecule has 0 aliphatic carbocycles. The monoisotopic (exact) mass is 241 g/mol. The first-order valence-corrected chi connectivity index (χ1v) is 8.12. The third kappa shape index (κ3) is 16.0. The second kappa shape index (κ2) is 16.0. The van der Waals surface area contributed by atoms with E-state index < -0.39 is 0 Å². The zero-order valence-electron chi connectivity index (χ0n) is 12.4. The maximum atomic E-state index is 3.38. The van der Waals surface area contributed by atoms with Gasteiger partial charge in [0, 0.05) is 0 Å². The fourth-order valence-corrected chi connectivity index (χ4v) is 2.27. The van der Waals surface area contributed by atoms with Crippen molar-refractivity contribution in [2.24, 2.45) is 0 Å². The molecule has 0 heterocycles. The van der Waals surface area contributed by atoms with Crippen LogP contribution in [0.5, 0.6) is 0 Å². The molecule has 0 aromatic heterocycles. The molecular formula is C16H35N. The SMILES string of the molecule is CCCCCCCCCCCCCCNCC. The van der Waals surface area contributed by atoms with Gasteiger partial charge in [-0.15, -0.1) is 0 Å². The summed E-state index contributed by atoms with van der Waals surface area (Å²) in [5.74, 6) is 0. The molecule has 104 valence electrons. The summed E-state index contributed by atoms with van der Waals surface area (Å²) >= 11 is 0. The van der Waals surface area contributed by atoms with Crippen LogP contribution in [-0.2, 0) is 0 Å². The van der Waals surface area contributed by atoms with Crippen LogP contribution in [0.25, 0.3) is 0 Å². The molecule has 0 saturated carbocycles. The minimum Gasteiger partial charge on any atom is -0.317 e. The van der Waals surface area contributed by atoms with Gasteiger partial charge in [0.15, 0.2) is 0 Å². The first-order valence-electron chi connectivity index (χ1n) is 8.12. The lowest BCUT2D eigenvalue weighted by molar-refractivity contribution is 0.538. The van der Waals surface area contributed by atoms with Crippen molar-refractivity contribution in [1.82, 2.24) is 5.32 Å². The molecule has 0 aliphatic heterocycles. The third-order valence-electron chi connectivity index (χ3n) is 3.46. The molecule has 0 aromatic rings. The van der Waals surface area contributed by atoms with E-state index in [-0.39, 0.29) is 0 Å². The van der Waals surface area contributed by atoms with E-state index in [4.69, 9.17) is 0 Å². The van der Waals surface area contributed by atoms with Gasteiger partial charge in [-0.3, -0.25) is 0 Å². The van der Waals surface area contributed by atoms with Crippen molar-refractivity contribution in [2.75, 3.05) is 13.1 Å². The van der Waals surface area contributed by atoms with Crippen molar-refractivity contribution in [3.05, 3.63) is 0 Å². The molecule has 0 fully saturated rings. The molecular weight excluding hydrogens is 206 g/mol. The number of rotatable bonds is 14. The van der Waals surface area contributed by atoms with Crippen LogP contribution >= 0.6 is 0 Å². The second-order valence-corrected chi connectivity index (χ2v) is 5.24. The minimum absolute atomic E-state index is 1.12. The standard InChI is InChI=1S/C16H35N/c1-3-5-6-7-8-9-10-11-12-13-14-15-16-17-4-2/h17H,3-16H2,1-2H3. The van der Waals surface area contributed by atoms with Gasteiger partial charge in [0.05, 0.1) is 0 Å². The van der Waals surface area contributed by atoms with Crippen molar-refractivity contribution in [3.8, 4) is 0 Å². The normalized spacial score (nSPS) is 10.9. The van der Waals surface area contributed by atoms with E-state index in [9.17, 15) is 0 Å². The Morgan fingerprint density at radius 3 is 1.35 bits per heavy atom. The quantitative estimate of drug-likeness (QED) is 0.407. The topological polar surface area (TPSA) is 12.0 Å². The van der Waals surface area contributed by atoms with Crippen LogP contribution in [0, 0.1) is 0 Å². The van der Waals surface area contributed by atoms with Crippen molar-refractivity contribution in [3.63, 3.8) is 0 Å². The minimum atomic E-state index is 1.12. The molecule has 0 amide bonds. The van der Waals surface area contributed by atoms with Crippen LogP contribution in [0.15, 0.2) is 0 Å². The zero-order valence-corrected chi connectivity index (χ0v) is 12.4. The Labute approximate surface area is 110 Å². The lowest BCUT2D eigenvalue weighted by Crippen LogP contribution is -2.13.